The summed E-state index contributed by atoms with van der Waals surface area (Å²) in [7, 11) is 0. The Morgan fingerprint density at radius 3 is 2.62 bits per heavy atom. The van der Waals surface area contributed by atoms with Crippen LogP contribution in [-0.2, 0) is 22.3 Å². The van der Waals surface area contributed by atoms with Gasteiger partial charge in [-0.1, -0.05) is 0 Å². The van der Waals surface area contributed by atoms with Gasteiger partial charge in [0.05, 0.1) is 36.7 Å². The molecule has 1 saturated heterocycles. The molecule has 2 aliphatic rings. The van der Waals surface area contributed by atoms with Gasteiger partial charge in [0.2, 0.25) is 0 Å². The lowest BCUT2D eigenvalue weighted by Gasteiger charge is -2.36. The number of hydrogen-bond acceptors (Lipinski definition) is 4. The van der Waals surface area contributed by atoms with Crippen molar-refractivity contribution in [3.63, 3.8) is 0 Å². The molecule has 2 unspecified atom stereocenters. The van der Waals surface area contributed by atoms with Gasteiger partial charge in [0.1, 0.15) is 0 Å². The van der Waals surface area contributed by atoms with Crippen LogP contribution >= 0.6 is 0 Å². The highest BCUT2D eigenvalue weighted by atomic mass is 16.6. The van der Waals surface area contributed by atoms with E-state index in [9.17, 15) is 4.79 Å². The smallest absolute Gasteiger partial charge is 0.282 e. The van der Waals surface area contributed by atoms with E-state index in [1.165, 1.54) is 0 Å². The highest BCUT2D eigenvalue weighted by Crippen LogP contribution is 2.28. The van der Waals surface area contributed by atoms with E-state index in [1.807, 2.05) is 6.07 Å². The summed E-state index contributed by atoms with van der Waals surface area (Å²) in [4.78, 5) is 20.1. The van der Waals surface area contributed by atoms with Gasteiger partial charge in [0.15, 0.2) is 5.96 Å². The molecule has 1 amide bonds. The molecule has 2 atom stereocenters. The minimum Gasteiger partial charge on any atom is -0.373 e. The van der Waals surface area contributed by atoms with E-state index in [1.54, 1.807) is 6.92 Å². The minimum atomic E-state index is -0.467. The molecule has 1 aromatic heterocycles. The summed E-state index contributed by atoms with van der Waals surface area (Å²) in [6.07, 6.45) is 1.48. The molecule has 7 nitrogen and oxygen atoms in total. The Hall–Kier alpha value is -1.99. The molecule has 3 rings (SSSR count). The first-order chi connectivity index (χ1) is 10.0. The number of carbonyl (C=O) groups excluding carboxylic acids is 1. The SMILES string of the molecule is Cc1nc2c(cc1C(=O)N=C(N)N)CC1OCCOC1C2. The Morgan fingerprint density at radius 2 is 1.95 bits per heavy atom. The molecule has 1 aliphatic carbocycles. The van der Waals surface area contributed by atoms with Crippen molar-refractivity contribution in [2.24, 2.45) is 16.5 Å². The Balaban J connectivity index is 1.94. The summed E-state index contributed by atoms with van der Waals surface area (Å²) in [6.45, 7) is 3.01. The molecule has 2 heterocycles. The lowest BCUT2D eigenvalue weighted by atomic mass is 9.89. The van der Waals surface area contributed by atoms with Gasteiger partial charge < -0.3 is 20.9 Å². The number of hydrogen-bond donors (Lipinski definition) is 2. The first-order valence-electron chi connectivity index (χ1n) is 6.91. The molecule has 21 heavy (non-hydrogen) atoms. The zero-order valence-corrected chi connectivity index (χ0v) is 11.8. The van der Waals surface area contributed by atoms with Crippen molar-refractivity contribution in [3.8, 4) is 0 Å². The summed E-state index contributed by atoms with van der Waals surface area (Å²) in [6, 6.07) is 1.82. The molecule has 0 spiro atoms. The quantitative estimate of drug-likeness (QED) is 0.541. The van der Waals surface area contributed by atoms with Crippen LogP contribution < -0.4 is 11.5 Å². The second kappa shape index (κ2) is 5.42. The van der Waals surface area contributed by atoms with E-state index < -0.39 is 5.91 Å². The maximum atomic E-state index is 12.0. The fourth-order valence-electron chi connectivity index (χ4n) is 2.85. The largest absolute Gasteiger partial charge is 0.373 e. The standard InChI is InChI=1S/C14H18N4O3/c1-7-9(13(19)18-14(15)16)4-8-5-11-12(6-10(8)17-7)21-3-2-20-11/h4,11-12H,2-3,5-6H2,1H3,(H4,15,16,18,19). The van der Waals surface area contributed by atoms with Crippen molar-refractivity contribution in [2.45, 2.75) is 32.0 Å². The lowest BCUT2D eigenvalue weighted by molar-refractivity contribution is -0.142. The zero-order valence-electron chi connectivity index (χ0n) is 11.8. The number of aliphatic imine (C=N–C) groups is 1. The number of carbonyl (C=O) groups is 1. The monoisotopic (exact) mass is 290 g/mol. The molecule has 1 fully saturated rings. The van der Waals surface area contributed by atoms with Crippen molar-refractivity contribution in [3.05, 3.63) is 28.6 Å². The van der Waals surface area contributed by atoms with Gasteiger partial charge in [-0.3, -0.25) is 9.78 Å². The lowest BCUT2D eigenvalue weighted by Crippen LogP contribution is -2.44. The summed E-state index contributed by atoms with van der Waals surface area (Å²) < 4.78 is 11.5. The third kappa shape index (κ3) is 2.74. The normalized spacial score (nSPS) is 23.9. The zero-order chi connectivity index (χ0) is 15.0. The molecule has 0 bridgehead atoms. The van der Waals surface area contributed by atoms with Crippen LogP contribution in [0.25, 0.3) is 0 Å². The van der Waals surface area contributed by atoms with Crippen LogP contribution in [-0.4, -0.2) is 42.3 Å². The van der Waals surface area contributed by atoms with Crippen LogP contribution in [0.3, 0.4) is 0 Å². The van der Waals surface area contributed by atoms with Crippen LogP contribution in [0, 0.1) is 6.92 Å². The van der Waals surface area contributed by atoms with Crippen molar-refractivity contribution in [2.75, 3.05) is 13.2 Å². The highest BCUT2D eigenvalue weighted by molar-refractivity contribution is 6.02. The third-order valence-electron chi connectivity index (χ3n) is 3.82. The maximum Gasteiger partial charge on any atom is 0.282 e. The molecule has 1 aromatic rings. The van der Waals surface area contributed by atoms with Crippen molar-refractivity contribution >= 4 is 11.9 Å². The van der Waals surface area contributed by atoms with Crippen molar-refractivity contribution in [1.29, 1.82) is 0 Å². The van der Waals surface area contributed by atoms with Gasteiger partial charge in [0, 0.05) is 18.5 Å². The number of aromatic nitrogens is 1. The van der Waals surface area contributed by atoms with E-state index in [0.29, 0.717) is 37.3 Å². The van der Waals surface area contributed by atoms with Crippen LogP contribution in [0.1, 0.15) is 27.3 Å². The molecule has 4 N–H and O–H groups in total. The van der Waals surface area contributed by atoms with Crippen molar-refractivity contribution < 1.29 is 14.3 Å². The van der Waals surface area contributed by atoms with E-state index >= 15 is 0 Å². The summed E-state index contributed by atoms with van der Waals surface area (Å²) in [5.74, 6) is -0.716. The molecular formula is C14H18N4O3. The molecule has 1 aliphatic heterocycles. The van der Waals surface area contributed by atoms with E-state index in [-0.39, 0.29) is 18.2 Å². The first kappa shape index (κ1) is 14.0. The molecule has 112 valence electrons. The minimum absolute atomic E-state index is 0.0294. The number of rotatable bonds is 1. The summed E-state index contributed by atoms with van der Waals surface area (Å²) in [5, 5.41) is 0. The van der Waals surface area contributed by atoms with E-state index in [2.05, 4.69) is 9.98 Å². The van der Waals surface area contributed by atoms with Crippen LogP contribution in [0.4, 0.5) is 0 Å². The Morgan fingerprint density at radius 1 is 1.29 bits per heavy atom. The third-order valence-corrected chi connectivity index (χ3v) is 3.82. The number of ether oxygens (including phenoxy) is 2. The van der Waals surface area contributed by atoms with Gasteiger partial charge in [-0.15, -0.1) is 0 Å². The maximum absolute atomic E-state index is 12.0. The molecule has 7 heteroatoms. The molecule has 0 radical (unpaired) electrons. The van der Waals surface area contributed by atoms with Gasteiger partial charge in [0.25, 0.3) is 5.91 Å². The number of fused-ring (bicyclic) bond motifs is 2. The number of nitrogens with zero attached hydrogens (tertiary/aromatic N) is 2. The Bertz CT molecular complexity index is 610. The average Bonchev–Trinajstić information content (AvgIpc) is 2.43. The highest BCUT2D eigenvalue weighted by Gasteiger charge is 2.34. The second-order valence-electron chi connectivity index (χ2n) is 5.30. The second-order valence-corrected chi connectivity index (χ2v) is 5.30. The van der Waals surface area contributed by atoms with Gasteiger partial charge in [-0.2, -0.15) is 4.99 Å². The molecule has 0 saturated carbocycles. The number of amides is 1. The predicted molar refractivity (Wildman–Crippen MR) is 76.0 cm³/mol. The number of pyridine rings is 1. The number of guanidine groups is 1. The van der Waals surface area contributed by atoms with Crippen LogP contribution in [0.15, 0.2) is 11.1 Å². The first-order valence-corrected chi connectivity index (χ1v) is 6.91. The van der Waals surface area contributed by atoms with E-state index in [4.69, 9.17) is 20.9 Å². The van der Waals surface area contributed by atoms with Gasteiger partial charge in [-0.25, -0.2) is 0 Å². The van der Waals surface area contributed by atoms with E-state index in [0.717, 1.165) is 11.3 Å². The van der Waals surface area contributed by atoms with Crippen LogP contribution in [0.2, 0.25) is 0 Å². The topological polar surface area (TPSA) is 113 Å². The molecule has 0 aromatic carbocycles. The van der Waals surface area contributed by atoms with Gasteiger partial charge >= 0.3 is 0 Å². The van der Waals surface area contributed by atoms with Gasteiger partial charge in [-0.05, 0) is 18.6 Å². The average molecular weight is 290 g/mol. The summed E-state index contributed by atoms with van der Waals surface area (Å²) in [5.41, 5.74) is 13.5. The summed E-state index contributed by atoms with van der Waals surface area (Å²) >= 11 is 0. The van der Waals surface area contributed by atoms with Crippen LogP contribution in [0.5, 0.6) is 0 Å². The molecular weight excluding hydrogens is 272 g/mol. The Labute approximate surface area is 122 Å². The predicted octanol–water partition coefficient (Wildman–Crippen LogP) is -0.314. The fourth-order valence-corrected chi connectivity index (χ4v) is 2.85. The fraction of sp³-hybridized carbons (Fsp3) is 0.500. The van der Waals surface area contributed by atoms with Crippen molar-refractivity contribution in [1.82, 2.24) is 4.98 Å². The number of aryl methyl sites for hydroxylation is 1. The Kier molecular flexibility index (Phi) is 3.60. The number of nitrogens with two attached hydrogens (primary N) is 2.